The molecule has 88 valence electrons. The third-order valence-corrected chi connectivity index (χ3v) is 2.98. The molecule has 17 heavy (non-hydrogen) atoms. The molecule has 4 heteroatoms. The van der Waals surface area contributed by atoms with Crippen molar-refractivity contribution in [2.24, 2.45) is 0 Å². The van der Waals surface area contributed by atoms with Gasteiger partial charge in [-0.1, -0.05) is 0 Å². The third kappa shape index (κ3) is 2.77. The van der Waals surface area contributed by atoms with Crippen LogP contribution in [0.1, 0.15) is 5.56 Å². The van der Waals surface area contributed by atoms with Crippen LogP contribution in [0.2, 0.25) is 0 Å². The normalized spacial score (nSPS) is 10.3. The number of hydrogen-bond acceptors (Lipinski definition) is 2. The Kier molecular flexibility index (Phi) is 3.33. The van der Waals surface area contributed by atoms with Crippen molar-refractivity contribution in [3.8, 4) is 11.5 Å². The van der Waals surface area contributed by atoms with Crippen molar-refractivity contribution in [3.05, 3.63) is 52.3 Å². The molecule has 2 N–H and O–H groups in total. The first-order chi connectivity index (χ1) is 8.06. The first-order valence-corrected chi connectivity index (χ1v) is 5.84. The minimum absolute atomic E-state index is 0.308. The van der Waals surface area contributed by atoms with E-state index in [9.17, 15) is 4.39 Å². The van der Waals surface area contributed by atoms with Crippen LogP contribution in [0.15, 0.2) is 40.9 Å². The van der Waals surface area contributed by atoms with E-state index in [2.05, 4.69) is 15.9 Å². The molecular weight excluding hydrogens is 285 g/mol. The molecule has 0 atom stereocenters. The van der Waals surface area contributed by atoms with Gasteiger partial charge in [0.25, 0.3) is 0 Å². The molecular formula is C13H11BrFNO. The van der Waals surface area contributed by atoms with Crippen LogP contribution in [0, 0.1) is 12.7 Å². The van der Waals surface area contributed by atoms with Crippen LogP contribution in [-0.4, -0.2) is 0 Å². The van der Waals surface area contributed by atoms with E-state index in [4.69, 9.17) is 10.5 Å². The molecule has 2 rings (SSSR count). The number of ether oxygens (including phenoxy) is 1. The zero-order chi connectivity index (χ0) is 12.4. The Labute approximate surface area is 107 Å². The van der Waals surface area contributed by atoms with E-state index >= 15 is 0 Å². The summed E-state index contributed by atoms with van der Waals surface area (Å²) in [4.78, 5) is 0. The van der Waals surface area contributed by atoms with Gasteiger partial charge >= 0.3 is 0 Å². The van der Waals surface area contributed by atoms with Crippen molar-refractivity contribution in [3.63, 3.8) is 0 Å². The van der Waals surface area contributed by atoms with E-state index in [0.717, 1.165) is 11.3 Å². The molecule has 0 saturated carbocycles. The van der Waals surface area contributed by atoms with Gasteiger partial charge in [0.15, 0.2) is 0 Å². The third-order valence-electron chi connectivity index (χ3n) is 2.36. The molecule has 0 amide bonds. The fraction of sp³-hybridized carbons (Fsp3) is 0.0769. The Hall–Kier alpha value is -1.55. The summed E-state index contributed by atoms with van der Waals surface area (Å²) >= 11 is 3.25. The molecule has 0 unspecified atom stereocenters. The lowest BCUT2D eigenvalue weighted by Gasteiger charge is -2.09. The molecule has 0 spiro atoms. The molecule has 0 aromatic heterocycles. The van der Waals surface area contributed by atoms with Crippen molar-refractivity contribution >= 4 is 21.6 Å². The average Bonchev–Trinajstić information content (AvgIpc) is 2.27. The van der Waals surface area contributed by atoms with Gasteiger partial charge in [0, 0.05) is 5.69 Å². The monoisotopic (exact) mass is 295 g/mol. The molecule has 0 saturated heterocycles. The summed E-state index contributed by atoms with van der Waals surface area (Å²) in [5.74, 6) is 0.928. The molecule has 0 aliphatic rings. The van der Waals surface area contributed by atoms with Crippen molar-refractivity contribution in [2.45, 2.75) is 6.92 Å². The number of rotatable bonds is 2. The van der Waals surface area contributed by atoms with Crippen LogP contribution in [0.25, 0.3) is 0 Å². The molecule has 0 fully saturated rings. The quantitative estimate of drug-likeness (QED) is 0.840. The van der Waals surface area contributed by atoms with Crippen LogP contribution >= 0.6 is 15.9 Å². The van der Waals surface area contributed by atoms with E-state index < -0.39 is 0 Å². The van der Waals surface area contributed by atoms with Crippen LogP contribution in [0.5, 0.6) is 11.5 Å². The lowest BCUT2D eigenvalue weighted by atomic mass is 10.2. The number of nitrogen functional groups attached to an aromatic ring is 1. The highest BCUT2D eigenvalue weighted by Gasteiger charge is 2.05. The van der Waals surface area contributed by atoms with Crippen molar-refractivity contribution < 1.29 is 9.13 Å². The number of aryl methyl sites for hydroxylation is 1. The predicted octanol–water partition coefficient (Wildman–Crippen LogP) is 4.27. The predicted molar refractivity (Wildman–Crippen MR) is 69.8 cm³/mol. The Morgan fingerprint density at radius 3 is 2.59 bits per heavy atom. The summed E-state index contributed by atoms with van der Waals surface area (Å²) < 4.78 is 19.1. The second-order valence-corrected chi connectivity index (χ2v) is 4.55. The fourth-order valence-electron chi connectivity index (χ4n) is 1.40. The molecule has 2 nitrogen and oxygen atoms in total. The molecule has 0 aliphatic carbocycles. The first kappa shape index (κ1) is 11.9. The first-order valence-electron chi connectivity index (χ1n) is 5.05. The molecule has 0 bridgehead atoms. The van der Waals surface area contributed by atoms with E-state index in [1.54, 1.807) is 18.2 Å². The summed E-state index contributed by atoms with van der Waals surface area (Å²) in [6, 6.07) is 9.68. The minimum atomic E-state index is -0.308. The topological polar surface area (TPSA) is 35.2 Å². The van der Waals surface area contributed by atoms with Gasteiger partial charge in [-0.05, 0) is 64.8 Å². The molecule has 2 aromatic rings. The maximum atomic E-state index is 12.9. The maximum absolute atomic E-state index is 12.9. The van der Waals surface area contributed by atoms with E-state index in [0.29, 0.717) is 16.0 Å². The maximum Gasteiger partial charge on any atom is 0.141 e. The van der Waals surface area contributed by atoms with Gasteiger partial charge in [0.2, 0.25) is 0 Å². The summed E-state index contributed by atoms with van der Waals surface area (Å²) in [5, 5.41) is 0. The Morgan fingerprint density at radius 1 is 1.18 bits per heavy atom. The summed E-state index contributed by atoms with van der Waals surface area (Å²) in [5.41, 5.74) is 7.38. The number of halogens is 2. The Morgan fingerprint density at radius 2 is 1.94 bits per heavy atom. The van der Waals surface area contributed by atoms with Gasteiger partial charge < -0.3 is 10.5 Å². The van der Waals surface area contributed by atoms with Gasteiger partial charge in [-0.25, -0.2) is 4.39 Å². The van der Waals surface area contributed by atoms with E-state index in [1.807, 2.05) is 13.0 Å². The SMILES string of the molecule is Cc1cc(Oc2ccc(F)cc2Br)ccc1N. The molecule has 0 radical (unpaired) electrons. The highest BCUT2D eigenvalue weighted by atomic mass is 79.9. The lowest BCUT2D eigenvalue weighted by Crippen LogP contribution is -1.91. The second kappa shape index (κ2) is 4.75. The number of hydrogen-bond donors (Lipinski definition) is 1. The average molecular weight is 296 g/mol. The van der Waals surface area contributed by atoms with Gasteiger partial charge in [-0.15, -0.1) is 0 Å². The van der Waals surface area contributed by atoms with Gasteiger partial charge in [-0.3, -0.25) is 0 Å². The van der Waals surface area contributed by atoms with Crippen molar-refractivity contribution in [1.29, 1.82) is 0 Å². The molecule has 0 heterocycles. The summed E-state index contributed by atoms with van der Waals surface area (Å²) in [7, 11) is 0. The van der Waals surface area contributed by atoms with Gasteiger partial charge in [0.1, 0.15) is 17.3 Å². The van der Waals surface area contributed by atoms with E-state index in [1.165, 1.54) is 12.1 Å². The van der Waals surface area contributed by atoms with Gasteiger partial charge in [0.05, 0.1) is 4.47 Å². The van der Waals surface area contributed by atoms with Crippen LogP contribution in [0.3, 0.4) is 0 Å². The summed E-state index contributed by atoms with van der Waals surface area (Å²) in [6.07, 6.45) is 0. The van der Waals surface area contributed by atoms with Crippen LogP contribution < -0.4 is 10.5 Å². The smallest absolute Gasteiger partial charge is 0.141 e. The number of nitrogens with two attached hydrogens (primary N) is 1. The largest absolute Gasteiger partial charge is 0.456 e. The van der Waals surface area contributed by atoms with Crippen molar-refractivity contribution in [1.82, 2.24) is 0 Å². The number of anilines is 1. The van der Waals surface area contributed by atoms with Crippen LogP contribution in [0.4, 0.5) is 10.1 Å². The number of benzene rings is 2. The van der Waals surface area contributed by atoms with Crippen molar-refractivity contribution in [2.75, 3.05) is 5.73 Å². The lowest BCUT2D eigenvalue weighted by molar-refractivity contribution is 0.477. The van der Waals surface area contributed by atoms with E-state index in [-0.39, 0.29) is 5.82 Å². The minimum Gasteiger partial charge on any atom is -0.456 e. The highest BCUT2D eigenvalue weighted by molar-refractivity contribution is 9.10. The Balaban J connectivity index is 2.28. The highest BCUT2D eigenvalue weighted by Crippen LogP contribution is 2.31. The summed E-state index contributed by atoms with van der Waals surface area (Å²) in [6.45, 7) is 1.90. The van der Waals surface area contributed by atoms with Crippen LogP contribution in [-0.2, 0) is 0 Å². The zero-order valence-corrected chi connectivity index (χ0v) is 10.8. The fourth-order valence-corrected chi connectivity index (χ4v) is 1.83. The second-order valence-electron chi connectivity index (χ2n) is 3.70. The molecule has 2 aromatic carbocycles. The zero-order valence-electron chi connectivity index (χ0n) is 9.21. The Bertz CT molecular complexity index is 557. The molecule has 0 aliphatic heterocycles. The standard InChI is InChI=1S/C13H11BrFNO/c1-8-6-10(3-4-12(8)16)17-13-5-2-9(15)7-11(13)14/h2-7H,16H2,1H3. The van der Waals surface area contributed by atoms with Gasteiger partial charge in [-0.2, -0.15) is 0 Å².